The molecule has 2 N–H and O–H groups in total. The third-order valence-corrected chi connectivity index (χ3v) is 7.45. The lowest BCUT2D eigenvalue weighted by molar-refractivity contribution is 0.159. The first-order chi connectivity index (χ1) is 17.6. The van der Waals surface area contributed by atoms with Crippen LogP contribution < -0.4 is 10.6 Å². The van der Waals surface area contributed by atoms with Crippen LogP contribution >= 0.6 is 0 Å². The van der Waals surface area contributed by atoms with Gasteiger partial charge in [0, 0.05) is 44.5 Å². The molecule has 1 saturated heterocycles. The molecule has 2 heterocycles. The van der Waals surface area contributed by atoms with Gasteiger partial charge in [-0.1, -0.05) is 24.3 Å². The highest BCUT2D eigenvalue weighted by Gasteiger charge is 2.35. The van der Waals surface area contributed by atoms with Crippen molar-refractivity contribution in [2.24, 2.45) is 0 Å². The Kier molecular flexibility index (Phi) is 7.90. The number of carbonyl (C=O) groups is 1. The van der Waals surface area contributed by atoms with Gasteiger partial charge in [0.1, 0.15) is 5.82 Å². The van der Waals surface area contributed by atoms with Gasteiger partial charge in [0.05, 0.1) is 18.3 Å². The summed E-state index contributed by atoms with van der Waals surface area (Å²) in [5, 5.41) is 9.80. The van der Waals surface area contributed by atoms with Crippen molar-refractivity contribution in [3.05, 3.63) is 71.3 Å². The molecule has 12 heteroatoms. The van der Waals surface area contributed by atoms with Crippen molar-refractivity contribution in [1.82, 2.24) is 20.0 Å². The lowest BCUT2D eigenvalue weighted by atomic mass is 9.94. The van der Waals surface area contributed by atoms with E-state index in [0.29, 0.717) is 43.1 Å². The molecule has 0 bridgehead atoms. The van der Waals surface area contributed by atoms with Crippen LogP contribution in [-0.2, 0) is 14.6 Å². The summed E-state index contributed by atoms with van der Waals surface area (Å²) in [5.41, 5.74) is 1.43. The smallest absolute Gasteiger partial charge is 0.320 e. The fourth-order valence-corrected chi connectivity index (χ4v) is 5.44. The average Bonchev–Trinajstić information content (AvgIpc) is 3.40. The van der Waals surface area contributed by atoms with Gasteiger partial charge in [0.25, 0.3) is 0 Å². The minimum atomic E-state index is -3.66. The van der Waals surface area contributed by atoms with Gasteiger partial charge in [-0.15, -0.1) is 0 Å². The van der Waals surface area contributed by atoms with E-state index in [4.69, 9.17) is 4.74 Å². The van der Waals surface area contributed by atoms with Gasteiger partial charge >= 0.3 is 6.03 Å². The molecule has 37 heavy (non-hydrogen) atoms. The van der Waals surface area contributed by atoms with Crippen LogP contribution in [0.3, 0.4) is 0 Å². The van der Waals surface area contributed by atoms with Crippen LogP contribution in [0.25, 0.3) is 5.69 Å². The number of sulfone groups is 1. The molecule has 4 rings (SSSR count). The number of hydrogen-bond donors (Lipinski definition) is 2. The second kappa shape index (κ2) is 11.0. The van der Waals surface area contributed by atoms with E-state index in [0.717, 1.165) is 18.4 Å². The number of nitrogens with one attached hydrogen (secondary N) is 2. The van der Waals surface area contributed by atoms with Gasteiger partial charge in [-0.05, 0) is 36.8 Å². The van der Waals surface area contributed by atoms with E-state index in [1.165, 1.54) is 10.7 Å². The normalized spacial score (nSPS) is 18.2. The van der Waals surface area contributed by atoms with Crippen LogP contribution in [0.5, 0.6) is 0 Å². The van der Waals surface area contributed by atoms with E-state index in [1.54, 1.807) is 38.3 Å². The summed E-state index contributed by atoms with van der Waals surface area (Å²) >= 11 is 0. The SMILES string of the molecule is COCCN1CC(NC(=O)Nc2c(C)c(S(C)(=O)=O)nn2-c2ccccc2)C(c2ccc(F)c(F)c2)C1. The maximum atomic E-state index is 14.0. The zero-order valence-corrected chi connectivity index (χ0v) is 21.6. The number of benzene rings is 2. The topological polar surface area (TPSA) is 106 Å². The monoisotopic (exact) mass is 533 g/mol. The summed E-state index contributed by atoms with van der Waals surface area (Å²) in [4.78, 5) is 15.3. The lowest BCUT2D eigenvalue weighted by Crippen LogP contribution is -2.42. The molecule has 0 spiro atoms. The number of ether oxygens (including phenoxy) is 1. The van der Waals surface area contributed by atoms with Gasteiger partial charge < -0.3 is 10.1 Å². The predicted octanol–water partition coefficient (Wildman–Crippen LogP) is 3.10. The molecule has 2 atom stereocenters. The molecule has 198 valence electrons. The van der Waals surface area contributed by atoms with E-state index in [2.05, 4.69) is 20.6 Å². The van der Waals surface area contributed by atoms with Crippen LogP contribution in [0, 0.1) is 18.6 Å². The van der Waals surface area contributed by atoms with Crippen molar-refractivity contribution in [3.63, 3.8) is 0 Å². The molecule has 3 aromatic rings. The number of halogens is 2. The molecule has 2 unspecified atom stereocenters. The molecule has 1 fully saturated rings. The summed E-state index contributed by atoms with van der Waals surface area (Å²) in [5.74, 6) is -1.98. The highest BCUT2D eigenvalue weighted by atomic mass is 32.2. The Balaban J connectivity index is 1.61. The Morgan fingerprint density at radius 2 is 1.86 bits per heavy atom. The van der Waals surface area contributed by atoms with Gasteiger partial charge in [0.2, 0.25) is 0 Å². The number of methoxy groups -OCH3 is 1. The number of rotatable bonds is 8. The minimum absolute atomic E-state index is 0.141. The third-order valence-electron chi connectivity index (χ3n) is 6.36. The number of likely N-dealkylation sites (tertiary alicyclic amines) is 1. The Morgan fingerprint density at radius 3 is 2.51 bits per heavy atom. The van der Waals surface area contributed by atoms with E-state index < -0.39 is 33.5 Å². The molecule has 1 aromatic heterocycles. The Labute approximate surface area is 214 Å². The van der Waals surface area contributed by atoms with Gasteiger partial charge in [-0.3, -0.25) is 10.2 Å². The summed E-state index contributed by atoms with van der Waals surface area (Å²) in [7, 11) is -2.07. The molecule has 1 aliphatic heterocycles. The van der Waals surface area contributed by atoms with Crippen LogP contribution in [0.15, 0.2) is 53.6 Å². The molecule has 9 nitrogen and oxygen atoms in total. The maximum absolute atomic E-state index is 14.0. The number of urea groups is 1. The molecule has 0 aliphatic carbocycles. The fourth-order valence-electron chi connectivity index (χ4n) is 4.56. The van der Waals surface area contributed by atoms with Crippen molar-refractivity contribution in [2.45, 2.75) is 23.9 Å². The van der Waals surface area contributed by atoms with E-state index in [-0.39, 0.29) is 16.8 Å². The van der Waals surface area contributed by atoms with E-state index in [9.17, 15) is 22.0 Å². The zero-order chi connectivity index (χ0) is 26.7. The van der Waals surface area contributed by atoms with Crippen molar-refractivity contribution >= 4 is 21.7 Å². The Bertz CT molecular complexity index is 1380. The minimum Gasteiger partial charge on any atom is -0.383 e. The van der Waals surface area contributed by atoms with Crippen molar-refractivity contribution in [2.75, 3.05) is 44.9 Å². The fraction of sp³-hybridized carbons (Fsp3) is 0.360. The van der Waals surface area contributed by atoms with Crippen LogP contribution in [0.2, 0.25) is 0 Å². The molecule has 1 aliphatic rings. The largest absolute Gasteiger partial charge is 0.383 e. The number of nitrogens with zero attached hydrogens (tertiary/aromatic N) is 3. The molecule has 2 amide bonds. The highest BCUT2D eigenvalue weighted by Crippen LogP contribution is 2.30. The first kappa shape index (κ1) is 26.7. The second-order valence-electron chi connectivity index (χ2n) is 9.04. The second-order valence-corrected chi connectivity index (χ2v) is 11.0. The molecule has 0 saturated carbocycles. The first-order valence-corrected chi connectivity index (χ1v) is 13.6. The van der Waals surface area contributed by atoms with Gasteiger partial charge in [-0.2, -0.15) is 5.10 Å². The first-order valence-electron chi connectivity index (χ1n) is 11.7. The number of hydrogen-bond acceptors (Lipinski definition) is 6. The average molecular weight is 534 g/mol. The lowest BCUT2D eigenvalue weighted by Gasteiger charge is -2.21. The summed E-state index contributed by atoms with van der Waals surface area (Å²) in [6.07, 6.45) is 1.06. The van der Waals surface area contributed by atoms with Crippen LogP contribution in [-0.4, -0.2) is 74.8 Å². The summed E-state index contributed by atoms with van der Waals surface area (Å²) in [6.45, 7) is 3.64. The number of carbonyl (C=O) groups excluding carboxylic acids is 1. The molecular formula is C25H29F2N5O4S. The molecular weight excluding hydrogens is 504 g/mol. The summed E-state index contributed by atoms with van der Waals surface area (Å²) in [6, 6.07) is 11.6. The van der Waals surface area contributed by atoms with Crippen LogP contribution in [0.1, 0.15) is 17.0 Å². The molecule has 0 radical (unpaired) electrons. The number of anilines is 1. The predicted molar refractivity (Wildman–Crippen MR) is 135 cm³/mol. The number of aromatic nitrogens is 2. The molecule has 2 aromatic carbocycles. The summed E-state index contributed by atoms with van der Waals surface area (Å²) < 4.78 is 58.7. The quantitative estimate of drug-likeness (QED) is 0.461. The number of amides is 2. The Hall–Kier alpha value is -3.35. The van der Waals surface area contributed by atoms with E-state index >= 15 is 0 Å². The van der Waals surface area contributed by atoms with Crippen LogP contribution in [0.4, 0.5) is 19.4 Å². The van der Waals surface area contributed by atoms with E-state index in [1.807, 2.05) is 6.07 Å². The van der Waals surface area contributed by atoms with Crippen molar-refractivity contribution in [1.29, 1.82) is 0 Å². The van der Waals surface area contributed by atoms with Crippen molar-refractivity contribution < 1.29 is 26.7 Å². The standard InChI is InChI=1S/C25H29F2N5O4S/c1-16-23(32(18-7-5-4-6-8-18)30-24(16)37(3,34)35)29-25(33)28-22-15-31(11-12-36-2)14-19(22)17-9-10-20(26)21(27)13-17/h4-10,13,19,22H,11-12,14-15H2,1-3H3,(H2,28,29,33). The maximum Gasteiger partial charge on any atom is 0.320 e. The Morgan fingerprint density at radius 1 is 1.14 bits per heavy atom. The number of para-hydroxylation sites is 1. The van der Waals surface area contributed by atoms with Gasteiger partial charge in [0.15, 0.2) is 26.5 Å². The zero-order valence-electron chi connectivity index (χ0n) is 20.7. The van der Waals surface area contributed by atoms with Crippen molar-refractivity contribution in [3.8, 4) is 5.69 Å². The third kappa shape index (κ3) is 5.97. The van der Waals surface area contributed by atoms with Gasteiger partial charge in [-0.25, -0.2) is 26.7 Å². The highest BCUT2D eigenvalue weighted by molar-refractivity contribution is 7.90.